The van der Waals surface area contributed by atoms with E-state index in [9.17, 15) is 4.79 Å². The lowest BCUT2D eigenvalue weighted by Crippen LogP contribution is -2.08. The number of hydrogen-bond acceptors (Lipinski definition) is 4. The molecule has 0 unspecified atom stereocenters. The summed E-state index contributed by atoms with van der Waals surface area (Å²) in [5, 5.41) is 8.84. The van der Waals surface area contributed by atoms with Crippen molar-refractivity contribution in [3.63, 3.8) is 0 Å². The lowest BCUT2D eigenvalue weighted by molar-refractivity contribution is -0.131. The van der Waals surface area contributed by atoms with Crippen LogP contribution in [0.15, 0.2) is 78.9 Å². The van der Waals surface area contributed by atoms with Crippen LogP contribution in [-0.4, -0.2) is 49.2 Å². The molecule has 0 amide bonds. The fourth-order valence-electron chi connectivity index (χ4n) is 3.69. The van der Waals surface area contributed by atoms with Crippen LogP contribution in [0.4, 0.5) is 11.4 Å². The van der Waals surface area contributed by atoms with Crippen molar-refractivity contribution in [3.8, 4) is 33.9 Å². The second-order valence-corrected chi connectivity index (χ2v) is 8.49. The van der Waals surface area contributed by atoms with Crippen molar-refractivity contribution in [2.45, 2.75) is 0 Å². The van der Waals surface area contributed by atoms with Gasteiger partial charge in [-0.05, 0) is 35.9 Å². The van der Waals surface area contributed by atoms with Crippen molar-refractivity contribution >= 4 is 23.4 Å². The Hall–Kier alpha value is -4.32. The van der Waals surface area contributed by atoms with Gasteiger partial charge in [0.15, 0.2) is 0 Å². The minimum Gasteiger partial charge on any atom is -0.478 e. The summed E-state index contributed by atoms with van der Waals surface area (Å²) in [6, 6.07) is 24.4. The second-order valence-electron chi connectivity index (χ2n) is 8.49. The van der Waals surface area contributed by atoms with Crippen LogP contribution in [0, 0.1) is 0 Å². The van der Waals surface area contributed by atoms with E-state index in [2.05, 4.69) is 63.3 Å². The Bertz CT molecular complexity index is 1230. The first-order valence-corrected chi connectivity index (χ1v) is 11.0. The van der Waals surface area contributed by atoms with Crippen molar-refractivity contribution in [2.75, 3.05) is 38.0 Å². The van der Waals surface area contributed by atoms with Gasteiger partial charge < -0.3 is 19.9 Å². The summed E-state index contributed by atoms with van der Waals surface area (Å²) in [6.07, 6.45) is 2.70. The van der Waals surface area contributed by atoms with Gasteiger partial charge in [-0.2, -0.15) is 0 Å². The Balaban J connectivity index is 1.77. The highest BCUT2D eigenvalue weighted by Crippen LogP contribution is 2.34. The SMILES string of the molecule is CN(C)c1ccc(-c2nc(-c3ccc(C=CC(=O)O)cc3)[nH]c2-c2ccc(N(C)C)cc2)cc1. The van der Waals surface area contributed by atoms with Gasteiger partial charge in [-0.1, -0.05) is 48.5 Å². The molecule has 1 heterocycles. The van der Waals surface area contributed by atoms with Crippen molar-refractivity contribution in [3.05, 3.63) is 84.4 Å². The Morgan fingerprint density at radius 1 is 0.765 bits per heavy atom. The summed E-state index contributed by atoms with van der Waals surface area (Å²) >= 11 is 0. The molecule has 4 rings (SSSR count). The zero-order chi connectivity index (χ0) is 24.2. The molecule has 1 aromatic heterocycles. The molecule has 0 fully saturated rings. The second kappa shape index (κ2) is 9.67. The van der Waals surface area contributed by atoms with E-state index in [1.165, 1.54) is 0 Å². The van der Waals surface area contributed by atoms with E-state index >= 15 is 0 Å². The smallest absolute Gasteiger partial charge is 0.328 e. The average molecular weight is 453 g/mol. The first-order chi connectivity index (χ1) is 16.3. The molecule has 6 nitrogen and oxygen atoms in total. The monoisotopic (exact) mass is 452 g/mol. The molecule has 0 saturated heterocycles. The van der Waals surface area contributed by atoms with Gasteiger partial charge in [0.1, 0.15) is 5.82 Å². The molecule has 6 heteroatoms. The topological polar surface area (TPSA) is 72.5 Å². The number of aliphatic carboxylic acids is 1. The first-order valence-electron chi connectivity index (χ1n) is 11.0. The number of aromatic amines is 1. The Morgan fingerprint density at radius 2 is 1.26 bits per heavy atom. The third kappa shape index (κ3) is 5.02. The van der Waals surface area contributed by atoms with Crippen molar-refractivity contribution in [2.24, 2.45) is 0 Å². The third-order valence-corrected chi connectivity index (χ3v) is 5.64. The predicted octanol–water partition coefficient (Wildman–Crippen LogP) is 5.64. The maximum atomic E-state index is 10.8. The van der Waals surface area contributed by atoms with Crippen molar-refractivity contribution in [1.82, 2.24) is 9.97 Å². The summed E-state index contributed by atoms with van der Waals surface area (Å²) in [4.78, 5) is 23.4. The Kier molecular flexibility index (Phi) is 6.50. The number of imidazole rings is 1. The van der Waals surface area contributed by atoms with Gasteiger partial charge in [0.25, 0.3) is 0 Å². The maximum absolute atomic E-state index is 10.8. The standard InChI is InChI=1S/C28H28N4O2/c1-31(2)23-14-10-20(11-15-23)26-27(21-12-16-24(17-13-21)32(3)4)30-28(29-26)22-8-5-19(6-9-22)7-18-25(33)34/h5-18H,1-4H3,(H,29,30)(H,33,34). The highest BCUT2D eigenvalue weighted by atomic mass is 16.4. The molecular weight excluding hydrogens is 424 g/mol. The number of nitrogens with zero attached hydrogens (tertiary/aromatic N) is 3. The molecule has 3 aromatic carbocycles. The van der Waals surface area contributed by atoms with Gasteiger partial charge in [0, 0.05) is 62.3 Å². The molecule has 34 heavy (non-hydrogen) atoms. The van der Waals surface area contributed by atoms with E-state index < -0.39 is 5.97 Å². The molecule has 0 saturated carbocycles. The van der Waals surface area contributed by atoms with Crippen molar-refractivity contribution < 1.29 is 9.90 Å². The number of anilines is 2. The molecule has 172 valence electrons. The molecule has 2 N–H and O–H groups in total. The number of hydrogen-bond donors (Lipinski definition) is 2. The summed E-state index contributed by atoms with van der Waals surface area (Å²) in [5.74, 6) is -0.211. The van der Waals surface area contributed by atoms with Crippen LogP contribution in [0.3, 0.4) is 0 Å². The number of carbonyl (C=O) groups is 1. The quantitative estimate of drug-likeness (QED) is 0.355. The fourth-order valence-corrected chi connectivity index (χ4v) is 3.69. The number of carboxylic acids is 1. The summed E-state index contributed by atoms with van der Waals surface area (Å²) in [7, 11) is 8.09. The van der Waals surface area contributed by atoms with Gasteiger partial charge in [-0.25, -0.2) is 9.78 Å². The minimum atomic E-state index is -0.968. The van der Waals surface area contributed by atoms with Crippen LogP contribution in [0.25, 0.3) is 40.0 Å². The molecule has 0 aliphatic heterocycles. The molecule has 0 aliphatic rings. The zero-order valence-corrected chi connectivity index (χ0v) is 19.8. The third-order valence-electron chi connectivity index (χ3n) is 5.64. The van der Waals surface area contributed by atoms with E-state index in [4.69, 9.17) is 10.1 Å². The molecule has 0 spiro atoms. The number of rotatable bonds is 7. The average Bonchev–Trinajstić information content (AvgIpc) is 3.28. The molecular formula is C28H28N4O2. The summed E-state index contributed by atoms with van der Waals surface area (Å²) < 4.78 is 0. The van der Waals surface area contributed by atoms with Gasteiger partial charge in [-0.15, -0.1) is 0 Å². The van der Waals surface area contributed by atoms with Gasteiger partial charge in [0.05, 0.1) is 11.4 Å². The number of aromatic nitrogens is 2. The number of H-pyrrole nitrogens is 1. The zero-order valence-electron chi connectivity index (χ0n) is 19.8. The molecule has 0 aliphatic carbocycles. The van der Waals surface area contributed by atoms with Crippen LogP contribution in [0.5, 0.6) is 0 Å². The lowest BCUT2D eigenvalue weighted by atomic mass is 10.0. The van der Waals surface area contributed by atoms with E-state index in [0.29, 0.717) is 0 Å². The predicted molar refractivity (Wildman–Crippen MR) is 140 cm³/mol. The molecule has 0 bridgehead atoms. The molecule has 4 aromatic rings. The van der Waals surface area contributed by atoms with Gasteiger partial charge in [-0.3, -0.25) is 0 Å². The fraction of sp³-hybridized carbons (Fsp3) is 0.143. The van der Waals surface area contributed by atoms with E-state index in [-0.39, 0.29) is 0 Å². The highest BCUT2D eigenvalue weighted by Gasteiger charge is 2.16. The largest absolute Gasteiger partial charge is 0.478 e. The van der Waals surface area contributed by atoms with E-state index in [0.717, 1.165) is 56.9 Å². The summed E-state index contributed by atoms with van der Waals surface area (Å²) in [6.45, 7) is 0. The highest BCUT2D eigenvalue weighted by molar-refractivity contribution is 5.85. The minimum absolute atomic E-state index is 0.757. The van der Waals surface area contributed by atoms with Crippen LogP contribution in [-0.2, 0) is 4.79 Å². The number of benzene rings is 3. The maximum Gasteiger partial charge on any atom is 0.328 e. The summed E-state index contributed by atoms with van der Waals surface area (Å²) in [5.41, 5.74) is 7.91. The molecule has 0 radical (unpaired) electrons. The van der Waals surface area contributed by atoms with Crippen LogP contribution in [0.1, 0.15) is 5.56 Å². The lowest BCUT2D eigenvalue weighted by Gasteiger charge is -2.13. The van der Waals surface area contributed by atoms with Crippen LogP contribution in [0.2, 0.25) is 0 Å². The van der Waals surface area contributed by atoms with E-state index in [1.807, 2.05) is 52.5 Å². The Labute approximate surface area is 199 Å². The number of carboxylic acid groups (broad SMARTS) is 1. The van der Waals surface area contributed by atoms with Gasteiger partial charge in [0.2, 0.25) is 0 Å². The van der Waals surface area contributed by atoms with Crippen molar-refractivity contribution in [1.29, 1.82) is 0 Å². The van der Waals surface area contributed by atoms with E-state index in [1.54, 1.807) is 6.08 Å². The van der Waals surface area contributed by atoms with Crippen LogP contribution >= 0.6 is 0 Å². The molecule has 0 atom stereocenters. The first kappa shape index (κ1) is 22.9. The normalized spacial score (nSPS) is 11.1. The Morgan fingerprint density at radius 3 is 1.76 bits per heavy atom. The van der Waals surface area contributed by atoms with Crippen LogP contribution < -0.4 is 9.80 Å². The number of nitrogens with one attached hydrogen (secondary N) is 1. The van der Waals surface area contributed by atoms with Gasteiger partial charge >= 0.3 is 5.97 Å².